The summed E-state index contributed by atoms with van der Waals surface area (Å²) in [6.07, 6.45) is 5.08. The molecule has 1 aromatic rings. The fourth-order valence-electron chi connectivity index (χ4n) is 3.80. The highest BCUT2D eigenvalue weighted by molar-refractivity contribution is 7.97. The number of thioether (sulfide) groups is 1. The zero-order chi connectivity index (χ0) is 16.4. The van der Waals surface area contributed by atoms with Gasteiger partial charge in [0.05, 0.1) is 17.7 Å². The molecule has 0 bridgehead atoms. The van der Waals surface area contributed by atoms with Gasteiger partial charge in [-0.25, -0.2) is 0 Å². The molecule has 0 N–H and O–H groups in total. The molecule has 1 atom stereocenters. The molecule has 3 heterocycles. The monoisotopic (exact) mass is 338 g/mol. The molecule has 3 rings (SSSR count). The molecular formula is C16H26N4O2S. The highest BCUT2D eigenvalue weighted by atomic mass is 32.2. The fourth-order valence-corrected chi connectivity index (χ4v) is 4.17. The van der Waals surface area contributed by atoms with Crippen LogP contribution in [0.4, 0.5) is 0 Å². The van der Waals surface area contributed by atoms with Crippen molar-refractivity contribution in [1.29, 1.82) is 0 Å². The predicted molar refractivity (Wildman–Crippen MR) is 89.9 cm³/mol. The number of piperidine rings is 1. The van der Waals surface area contributed by atoms with Gasteiger partial charge in [-0.3, -0.25) is 9.69 Å². The molecule has 2 saturated heterocycles. The van der Waals surface area contributed by atoms with Crippen LogP contribution in [0.5, 0.6) is 0 Å². The number of hydrogen-bond donors (Lipinski definition) is 0. The van der Waals surface area contributed by atoms with E-state index in [4.69, 9.17) is 4.52 Å². The van der Waals surface area contributed by atoms with E-state index in [1.165, 1.54) is 0 Å². The van der Waals surface area contributed by atoms with Crippen LogP contribution >= 0.6 is 11.8 Å². The second-order valence-electron chi connectivity index (χ2n) is 6.97. The van der Waals surface area contributed by atoms with Crippen molar-refractivity contribution in [3.8, 4) is 0 Å². The van der Waals surface area contributed by atoms with Crippen LogP contribution in [-0.4, -0.2) is 57.8 Å². The van der Waals surface area contributed by atoms with Gasteiger partial charge in [0.1, 0.15) is 0 Å². The van der Waals surface area contributed by atoms with Gasteiger partial charge in [0.15, 0.2) is 5.82 Å². The minimum atomic E-state index is -0.190. The number of amides is 1. The van der Waals surface area contributed by atoms with E-state index in [0.717, 1.165) is 50.5 Å². The van der Waals surface area contributed by atoms with E-state index >= 15 is 0 Å². The van der Waals surface area contributed by atoms with E-state index in [1.807, 2.05) is 6.26 Å². The molecule has 0 unspecified atom stereocenters. The lowest BCUT2D eigenvalue weighted by Crippen LogP contribution is -2.52. The van der Waals surface area contributed by atoms with Gasteiger partial charge >= 0.3 is 0 Å². The highest BCUT2D eigenvalue weighted by Crippen LogP contribution is 2.40. The van der Waals surface area contributed by atoms with Gasteiger partial charge in [-0.05, 0) is 45.9 Å². The molecule has 6 nitrogen and oxygen atoms in total. The SMILES string of the molecule is CSCc1noc(CN2CC[C@@]3(CCCN(C(C)C)C3=O)C2)n1. The molecule has 2 aliphatic rings. The molecule has 0 aromatic carbocycles. The summed E-state index contributed by atoms with van der Waals surface area (Å²) in [5.41, 5.74) is -0.190. The lowest BCUT2D eigenvalue weighted by Gasteiger charge is -2.41. The van der Waals surface area contributed by atoms with Crippen molar-refractivity contribution in [3.63, 3.8) is 0 Å². The second-order valence-corrected chi connectivity index (χ2v) is 7.84. The Labute approximate surface area is 142 Å². The normalized spacial score (nSPS) is 25.9. The predicted octanol–water partition coefficient (Wildman–Crippen LogP) is 2.16. The molecule has 7 heteroatoms. The first-order valence-corrected chi connectivity index (χ1v) is 9.77. The molecule has 128 valence electrons. The van der Waals surface area contributed by atoms with Crippen molar-refractivity contribution in [1.82, 2.24) is 19.9 Å². The van der Waals surface area contributed by atoms with Crippen LogP contribution < -0.4 is 0 Å². The topological polar surface area (TPSA) is 62.5 Å². The Kier molecular flexibility index (Phi) is 4.96. The number of carbonyl (C=O) groups excluding carboxylic acids is 1. The van der Waals surface area contributed by atoms with E-state index in [0.29, 0.717) is 24.4 Å². The lowest BCUT2D eigenvalue weighted by molar-refractivity contribution is -0.147. The summed E-state index contributed by atoms with van der Waals surface area (Å²) in [6, 6.07) is 0.291. The molecule has 0 aliphatic carbocycles. The lowest BCUT2D eigenvalue weighted by atomic mass is 9.78. The first-order valence-electron chi connectivity index (χ1n) is 8.38. The molecule has 2 fully saturated rings. The van der Waals surface area contributed by atoms with Crippen LogP contribution in [0.15, 0.2) is 4.52 Å². The molecule has 23 heavy (non-hydrogen) atoms. The van der Waals surface area contributed by atoms with Crippen LogP contribution in [0, 0.1) is 5.41 Å². The van der Waals surface area contributed by atoms with E-state index in [9.17, 15) is 4.79 Å². The smallest absolute Gasteiger partial charge is 0.240 e. The summed E-state index contributed by atoms with van der Waals surface area (Å²) in [6.45, 7) is 7.51. The molecule has 0 saturated carbocycles. The van der Waals surface area contributed by atoms with E-state index < -0.39 is 0 Å². The van der Waals surface area contributed by atoms with Gasteiger partial charge in [-0.1, -0.05) is 5.16 Å². The summed E-state index contributed by atoms with van der Waals surface area (Å²) >= 11 is 1.68. The van der Waals surface area contributed by atoms with Crippen LogP contribution in [0.1, 0.15) is 44.8 Å². The third-order valence-electron chi connectivity index (χ3n) is 4.97. The fraction of sp³-hybridized carbons (Fsp3) is 0.812. The van der Waals surface area contributed by atoms with Gasteiger partial charge in [0, 0.05) is 19.1 Å². The third kappa shape index (κ3) is 3.40. The summed E-state index contributed by atoms with van der Waals surface area (Å²) in [4.78, 5) is 21.7. The van der Waals surface area contributed by atoms with E-state index in [-0.39, 0.29) is 5.41 Å². The third-order valence-corrected chi connectivity index (χ3v) is 5.51. The summed E-state index contributed by atoms with van der Waals surface area (Å²) in [7, 11) is 0. The maximum absolute atomic E-state index is 12.9. The Morgan fingerprint density at radius 3 is 2.91 bits per heavy atom. The van der Waals surface area contributed by atoms with Crippen molar-refractivity contribution >= 4 is 17.7 Å². The minimum Gasteiger partial charge on any atom is -0.340 e. The number of nitrogens with zero attached hydrogens (tertiary/aromatic N) is 4. The van der Waals surface area contributed by atoms with Crippen molar-refractivity contribution in [3.05, 3.63) is 11.7 Å². The molecule has 2 aliphatic heterocycles. The van der Waals surface area contributed by atoms with Crippen LogP contribution in [-0.2, 0) is 17.1 Å². The summed E-state index contributed by atoms with van der Waals surface area (Å²) in [5, 5.41) is 3.99. The van der Waals surface area contributed by atoms with Crippen molar-refractivity contribution in [2.75, 3.05) is 25.9 Å². The van der Waals surface area contributed by atoms with Gasteiger partial charge in [-0.15, -0.1) is 0 Å². The number of hydrogen-bond acceptors (Lipinski definition) is 6. The largest absolute Gasteiger partial charge is 0.340 e. The van der Waals surface area contributed by atoms with Crippen molar-refractivity contribution in [2.24, 2.45) is 5.41 Å². The Morgan fingerprint density at radius 1 is 1.35 bits per heavy atom. The van der Waals surface area contributed by atoms with Crippen LogP contribution in [0.25, 0.3) is 0 Å². The number of carbonyl (C=O) groups is 1. The number of likely N-dealkylation sites (tertiary alicyclic amines) is 2. The molecular weight excluding hydrogens is 312 g/mol. The van der Waals surface area contributed by atoms with Crippen LogP contribution in [0.2, 0.25) is 0 Å². The Morgan fingerprint density at radius 2 is 2.17 bits per heavy atom. The Balaban J connectivity index is 1.64. The minimum absolute atomic E-state index is 0.190. The first-order chi connectivity index (χ1) is 11.0. The zero-order valence-electron chi connectivity index (χ0n) is 14.2. The standard InChI is InChI=1S/C16H26N4O2S/c1-12(2)20-7-4-5-16(15(20)21)6-8-19(11-16)9-14-17-13(10-23-3)18-22-14/h12H,4-11H2,1-3H3/t16-/m0/s1. The van der Waals surface area contributed by atoms with Gasteiger partial charge in [0.2, 0.25) is 11.8 Å². The van der Waals surface area contributed by atoms with E-state index in [1.54, 1.807) is 11.8 Å². The molecule has 1 amide bonds. The number of rotatable bonds is 5. The van der Waals surface area contributed by atoms with Gasteiger partial charge in [0.25, 0.3) is 0 Å². The summed E-state index contributed by atoms with van der Waals surface area (Å²) < 4.78 is 5.33. The van der Waals surface area contributed by atoms with Crippen molar-refractivity contribution < 1.29 is 9.32 Å². The molecule has 0 radical (unpaired) electrons. The summed E-state index contributed by atoms with van der Waals surface area (Å²) in [5.74, 6) is 2.53. The van der Waals surface area contributed by atoms with Crippen molar-refractivity contribution in [2.45, 2.75) is 51.4 Å². The van der Waals surface area contributed by atoms with E-state index in [2.05, 4.69) is 33.8 Å². The zero-order valence-corrected chi connectivity index (χ0v) is 15.1. The van der Waals surface area contributed by atoms with Crippen LogP contribution in [0.3, 0.4) is 0 Å². The highest BCUT2D eigenvalue weighted by Gasteiger charge is 2.48. The molecule has 1 aromatic heterocycles. The average Bonchev–Trinajstić information content (AvgIpc) is 3.11. The number of aromatic nitrogens is 2. The first kappa shape index (κ1) is 16.8. The molecule has 1 spiro atoms. The average molecular weight is 338 g/mol. The maximum atomic E-state index is 12.9. The van der Waals surface area contributed by atoms with Gasteiger partial charge < -0.3 is 9.42 Å². The maximum Gasteiger partial charge on any atom is 0.240 e. The second kappa shape index (κ2) is 6.81. The Hall–Kier alpha value is -1.08. The Bertz CT molecular complexity index is 562. The quantitative estimate of drug-likeness (QED) is 0.820. The van der Waals surface area contributed by atoms with Gasteiger partial charge in [-0.2, -0.15) is 16.7 Å².